The summed E-state index contributed by atoms with van der Waals surface area (Å²) >= 11 is 3.40. The van der Waals surface area contributed by atoms with E-state index in [1.54, 1.807) is 16.6 Å². The van der Waals surface area contributed by atoms with Gasteiger partial charge in [-0.1, -0.05) is 0 Å². The Kier molecular flexibility index (Phi) is 5.49. The van der Waals surface area contributed by atoms with Gasteiger partial charge in [-0.2, -0.15) is 14.5 Å². The fourth-order valence-corrected chi connectivity index (χ4v) is 4.56. The first-order valence-electron chi connectivity index (χ1n) is 8.23. The highest BCUT2D eigenvalue weighted by Crippen LogP contribution is 2.17. The van der Waals surface area contributed by atoms with E-state index >= 15 is 0 Å². The second-order valence-electron chi connectivity index (χ2n) is 6.21. The molecule has 2 aromatic rings. The van der Waals surface area contributed by atoms with Crippen LogP contribution in [0.3, 0.4) is 0 Å². The van der Waals surface area contributed by atoms with Crippen molar-refractivity contribution in [2.45, 2.75) is 24.8 Å². The molecule has 11 heteroatoms. The summed E-state index contributed by atoms with van der Waals surface area (Å²) in [5.41, 5.74) is 0.881. The Morgan fingerprint density at radius 2 is 1.92 bits per heavy atom. The molecule has 1 fully saturated rings. The Balaban J connectivity index is 1.53. The smallest absolute Gasteiger partial charge is 0.246 e. The molecule has 0 aromatic carbocycles. The molecule has 1 aliphatic rings. The van der Waals surface area contributed by atoms with Crippen molar-refractivity contribution in [1.29, 1.82) is 0 Å². The standard InChI is InChI=1S/C15H21BrN6O3S/c1-12-14(16)11-21(18-12)4-3-15(23)20-5-7-22(8-6-20)26(24,25)13-9-17-19(2)10-13/h9-11H,3-8H2,1-2H3. The largest absolute Gasteiger partial charge is 0.340 e. The maximum atomic E-state index is 12.6. The molecule has 0 spiro atoms. The monoisotopic (exact) mass is 444 g/mol. The Hall–Kier alpha value is -1.72. The predicted molar refractivity (Wildman–Crippen MR) is 97.8 cm³/mol. The minimum Gasteiger partial charge on any atom is -0.340 e. The minimum atomic E-state index is -3.55. The van der Waals surface area contributed by atoms with Gasteiger partial charge >= 0.3 is 0 Å². The van der Waals surface area contributed by atoms with Crippen LogP contribution in [0.15, 0.2) is 28.0 Å². The van der Waals surface area contributed by atoms with Crippen LogP contribution in [-0.4, -0.2) is 69.3 Å². The van der Waals surface area contributed by atoms with E-state index in [1.165, 1.54) is 21.4 Å². The van der Waals surface area contributed by atoms with E-state index in [2.05, 4.69) is 26.1 Å². The zero-order valence-electron chi connectivity index (χ0n) is 14.7. The third kappa shape index (κ3) is 3.99. The van der Waals surface area contributed by atoms with Crippen LogP contribution in [0, 0.1) is 6.92 Å². The molecule has 0 aliphatic carbocycles. The lowest BCUT2D eigenvalue weighted by Crippen LogP contribution is -2.50. The molecule has 1 saturated heterocycles. The molecular weight excluding hydrogens is 424 g/mol. The number of piperazine rings is 1. The summed E-state index contributed by atoms with van der Waals surface area (Å²) in [6.07, 6.45) is 5.01. The third-order valence-corrected chi connectivity index (χ3v) is 6.98. The van der Waals surface area contributed by atoms with Crippen LogP contribution in [0.5, 0.6) is 0 Å². The van der Waals surface area contributed by atoms with Gasteiger partial charge in [-0.15, -0.1) is 0 Å². The number of carbonyl (C=O) groups is 1. The van der Waals surface area contributed by atoms with Crippen molar-refractivity contribution >= 4 is 31.9 Å². The Morgan fingerprint density at radius 3 is 2.46 bits per heavy atom. The first-order chi connectivity index (χ1) is 12.3. The predicted octanol–water partition coefficient (Wildman–Crippen LogP) is 0.611. The number of hydrogen-bond donors (Lipinski definition) is 0. The van der Waals surface area contributed by atoms with Gasteiger partial charge in [0.15, 0.2) is 0 Å². The van der Waals surface area contributed by atoms with Crippen molar-refractivity contribution in [2.75, 3.05) is 26.2 Å². The zero-order valence-corrected chi connectivity index (χ0v) is 17.1. The molecule has 3 heterocycles. The number of amides is 1. The van der Waals surface area contributed by atoms with Gasteiger partial charge in [0.1, 0.15) is 4.90 Å². The van der Waals surface area contributed by atoms with Gasteiger partial charge in [0, 0.05) is 58.6 Å². The molecule has 2 aromatic heterocycles. The quantitative estimate of drug-likeness (QED) is 0.673. The van der Waals surface area contributed by atoms with E-state index < -0.39 is 10.0 Å². The summed E-state index contributed by atoms with van der Waals surface area (Å²) in [7, 11) is -1.88. The fraction of sp³-hybridized carbons (Fsp3) is 0.533. The number of nitrogens with zero attached hydrogens (tertiary/aromatic N) is 6. The molecule has 0 unspecified atom stereocenters. The van der Waals surface area contributed by atoms with Gasteiger partial charge in [-0.05, 0) is 22.9 Å². The van der Waals surface area contributed by atoms with E-state index in [0.29, 0.717) is 26.1 Å². The highest BCUT2D eigenvalue weighted by atomic mass is 79.9. The van der Waals surface area contributed by atoms with E-state index in [-0.39, 0.29) is 23.9 Å². The summed E-state index contributed by atoms with van der Waals surface area (Å²) in [5, 5.41) is 8.23. The summed E-state index contributed by atoms with van der Waals surface area (Å²) in [6.45, 7) is 3.74. The molecule has 26 heavy (non-hydrogen) atoms. The number of aryl methyl sites for hydroxylation is 3. The first-order valence-corrected chi connectivity index (χ1v) is 10.5. The number of carbonyl (C=O) groups excluding carboxylic acids is 1. The van der Waals surface area contributed by atoms with E-state index in [0.717, 1.165) is 10.2 Å². The highest BCUT2D eigenvalue weighted by Gasteiger charge is 2.30. The second kappa shape index (κ2) is 7.49. The van der Waals surface area contributed by atoms with Gasteiger partial charge in [0.05, 0.1) is 16.4 Å². The minimum absolute atomic E-state index is 0.00713. The number of sulfonamides is 1. The van der Waals surface area contributed by atoms with Crippen molar-refractivity contribution in [3.05, 3.63) is 28.8 Å². The van der Waals surface area contributed by atoms with Crippen molar-refractivity contribution in [3.8, 4) is 0 Å². The number of halogens is 1. The van der Waals surface area contributed by atoms with Crippen LogP contribution < -0.4 is 0 Å². The Bertz CT molecular complexity index is 879. The third-order valence-electron chi connectivity index (χ3n) is 4.35. The first kappa shape index (κ1) is 19.1. The summed E-state index contributed by atoms with van der Waals surface area (Å²) in [6, 6.07) is 0. The van der Waals surface area contributed by atoms with Crippen molar-refractivity contribution in [3.63, 3.8) is 0 Å². The molecule has 0 N–H and O–H groups in total. The van der Waals surface area contributed by atoms with Crippen molar-refractivity contribution < 1.29 is 13.2 Å². The van der Waals surface area contributed by atoms with Crippen LogP contribution >= 0.6 is 15.9 Å². The van der Waals surface area contributed by atoms with Gasteiger partial charge in [0.2, 0.25) is 15.9 Å². The van der Waals surface area contributed by atoms with E-state index in [9.17, 15) is 13.2 Å². The van der Waals surface area contributed by atoms with Crippen LogP contribution in [0.2, 0.25) is 0 Å². The van der Waals surface area contributed by atoms with Crippen LogP contribution in [0.25, 0.3) is 0 Å². The molecule has 1 aliphatic heterocycles. The second-order valence-corrected chi connectivity index (χ2v) is 9.00. The van der Waals surface area contributed by atoms with Gasteiger partial charge < -0.3 is 4.90 Å². The lowest BCUT2D eigenvalue weighted by Gasteiger charge is -2.33. The van der Waals surface area contributed by atoms with E-state index in [1.807, 2.05) is 13.1 Å². The molecule has 0 bridgehead atoms. The normalized spacial score (nSPS) is 16.2. The molecule has 142 valence electrons. The van der Waals surface area contributed by atoms with Crippen molar-refractivity contribution in [1.82, 2.24) is 28.8 Å². The van der Waals surface area contributed by atoms with Crippen LogP contribution in [0.1, 0.15) is 12.1 Å². The lowest BCUT2D eigenvalue weighted by molar-refractivity contribution is -0.132. The summed E-state index contributed by atoms with van der Waals surface area (Å²) in [5.74, 6) is 0.00713. The molecule has 9 nitrogen and oxygen atoms in total. The molecule has 0 saturated carbocycles. The fourth-order valence-electron chi connectivity index (χ4n) is 2.84. The molecule has 1 amide bonds. The van der Waals surface area contributed by atoms with Gasteiger partial charge in [-0.3, -0.25) is 14.2 Å². The summed E-state index contributed by atoms with van der Waals surface area (Å²) < 4.78 is 30.7. The van der Waals surface area contributed by atoms with Crippen molar-refractivity contribution in [2.24, 2.45) is 7.05 Å². The molecule has 0 atom stereocenters. The topological polar surface area (TPSA) is 93.3 Å². The van der Waals surface area contributed by atoms with E-state index in [4.69, 9.17) is 0 Å². The van der Waals surface area contributed by atoms with Gasteiger partial charge in [0.25, 0.3) is 0 Å². The lowest BCUT2D eigenvalue weighted by atomic mass is 10.3. The molecule has 3 rings (SSSR count). The molecular formula is C15H21BrN6O3S. The van der Waals surface area contributed by atoms with Crippen LogP contribution in [0.4, 0.5) is 0 Å². The SMILES string of the molecule is Cc1nn(CCC(=O)N2CCN(S(=O)(=O)c3cnn(C)c3)CC2)cc1Br. The van der Waals surface area contributed by atoms with Crippen LogP contribution in [-0.2, 0) is 28.4 Å². The number of aromatic nitrogens is 4. The number of hydrogen-bond acceptors (Lipinski definition) is 5. The maximum absolute atomic E-state index is 12.6. The average Bonchev–Trinajstić information content (AvgIpc) is 3.19. The number of rotatable bonds is 5. The zero-order chi connectivity index (χ0) is 18.9. The summed E-state index contributed by atoms with van der Waals surface area (Å²) in [4.78, 5) is 14.3. The Labute approximate surface area is 160 Å². The molecule has 0 radical (unpaired) electrons. The average molecular weight is 445 g/mol. The van der Waals surface area contributed by atoms with Gasteiger partial charge in [-0.25, -0.2) is 8.42 Å². The highest BCUT2D eigenvalue weighted by molar-refractivity contribution is 9.10. The Morgan fingerprint density at radius 1 is 1.23 bits per heavy atom. The maximum Gasteiger partial charge on any atom is 0.246 e.